The fourth-order valence-corrected chi connectivity index (χ4v) is 2.64. The first-order valence-corrected chi connectivity index (χ1v) is 7.14. The molecule has 0 amide bonds. The van der Waals surface area contributed by atoms with Crippen LogP contribution in [-0.4, -0.2) is 9.49 Å². The van der Waals surface area contributed by atoms with E-state index in [-0.39, 0.29) is 16.6 Å². The van der Waals surface area contributed by atoms with E-state index in [0.29, 0.717) is 11.1 Å². The van der Waals surface area contributed by atoms with Crippen molar-refractivity contribution in [3.05, 3.63) is 74.6 Å². The molecule has 0 unspecified atom stereocenters. The predicted octanol–water partition coefficient (Wildman–Crippen LogP) is 4.13. The van der Waals surface area contributed by atoms with Gasteiger partial charge in [-0.05, 0) is 23.8 Å². The SMILES string of the molecule is Cn1cc(-c2ccc(C(F)(F)F)cc2)c(=O)c2cc([N+](=O)[O-])ccc21. The largest absolute Gasteiger partial charge is 0.416 e. The zero-order valence-corrected chi connectivity index (χ0v) is 12.9. The summed E-state index contributed by atoms with van der Waals surface area (Å²) >= 11 is 0. The molecule has 0 N–H and O–H groups in total. The number of fused-ring (bicyclic) bond motifs is 1. The summed E-state index contributed by atoms with van der Waals surface area (Å²) in [5.74, 6) is 0. The Kier molecular flexibility index (Phi) is 3.82. The van der Waals surface area contributed by atoms with E-state index in [9.17, 15) is 28.1 Å². The van der Waals surface area contributed by atoms with Crippen LogP contribution in [0.25, 0.3) is 22.0 Å². The van der Waals surface area contributed by atoms with Gasteiger partial charge in [-0.15, -0.1) is 0 Å². The number of benzene rings is 2. The van der Waals surface area contributed by atoms with E-state index in [4.69, 9.17) is 0 Å². The van der Waals surface area contributed by atoms with E-state index in [1.165, 1.54) is 36.5 Å². The maximum absolute atomic E-state index is 12.7. The summed E-state index contributed by atoms with van der Waals surface area (Å²) in [6.07, 6.45) is -2.97. The lowest BCUT2D eigenvalue weighted by atomic mass is 10.0. The molecule has 0 aliphatic heterocycles. The van der Waals surface area contributed by atoms with Crippen LogP contribution in [0.15, 0.2) is 53.5 Å². The molecule has 0 radical (unpaired) electrons. The highest BCUT2D eigenvalue weighted by atomic mass is 19.4. The van der Waals surface area contributed by atoms with Crippen LogP contribution >= 0.6 is 0 Å². The van der Waals surface area contributed by atoms with Crippen molar-refractivity contribution in [2.75, 3.05) is 0 Å². The second-order valence-corrected chi connectivity index (χ2v) is 5.52. The maximum Gasteiger partial charge on any atom is 0.416 e. The van der Waals surface area contributed by atoms with Gasteiger partial charge < -0.3 is 4.57 Å². The predicted molar refractivity (Wildman–Crippen MR) is 86.3 cm³/mol. The van der Waals surface area contributed by atoms with Crippen molar-refractivity contribution < 1.29 is 18.1 Å². The number of aromatic nitrogens is 1. The van der Waals surface area contributed by atoms with Crippen molar-refractivity contribution >= 4 is 16.6 Å². The van der Waals surface area contributed by atoms with E-state index in [1.54, 1.807) is 11.6 Å². The monoisotopic (exact) mass is 348 g/mol. The average molecular weight is 348 g/mol. The number of non-ortho nitro benzene ring substituents is 1. The van der Waals surface area contributed by atoms with Gasteiger partial charge in [0.05, 0.1) is 21.4 Å². The fourth-order valence-electron chi connectivity index (χ4n) is 2.64. The van der Waals surface area contributed by atoms with Crippen molar-refractivity contribution in [3.8, 4) is 11.1 Å². The molecule has 0 aliphatic carbocycles. The molecule has 0 saturated carbocycles. The van der Waals surface area contributed by atoms with Gasteiger partial charge in [0.25, 0.3) is 5.69 Å². The van der Waals surface area contributed by atoms with E-state index >= 15 is 0 Å². The Morgan fingerprint density at radius 3 is 2.28 bits per heavy atom. The normalized spacial score (nSPS) is 11.7. The number of rotatable bonds is 2. The zero-order valence-electron chi connectivity index (χ0n) is 12.9. The molecule has 25 heavy (non-hydrogen) atoms. The Hall–Kier alpha value is -3.16. The molecule has 0 spiro atoms. The Balaban J connectivity index is 2.21. The lowest BCUT2D eigenvalue weighted by molar-refractivity contribution is -0.384. The lowest BCUT2D eigenvalue weighted by Crippen LogP contribution is -2.11. The van der Waals surface area contributed by atoms with Crippen LogP contribution < -0.4 is 5.43 Å². The highest BCUT2D eigenvalue weighted by molar-refractivity contribution is 5.85. The molecule has 1 aromatic heterocycles. The van der Waals surface area contributed by atoms with Crippen LogP contribution in [0.2, 0.25) is 0 Å². The Labute approximate surface area is 139 Å². The lowest BCUT2D eigenvalue weighted by Gasteiger charge is -2.11. The summed E-state index contributed by atoms with van der Waals surface area (Å²) < 4.78 is 39.6. The molecule has 0 fully saturated rings. The first-order chi connectivity index (χ1) is 11.7. The van der Waals surface area contributed by atoms with Gasteiger partial charge in [0.1, 0.15) is 0 Å². The zero-order chi connectivity index (χ0) is 18.4. The molecule has 128 valence electrons. The highest BCUT2D eigenvalue weighted by Crippen LogP contribution is 2.31. The summed E-state index contributed by atoms with van der Waals surface area (Å²) in [4.78, 5) is 23.0. The molecule has 0 atom stereocenters. The fraction of sp³-hybridized carbons (Fsp3) is 0.118. The number of hydrogen-bond acceptors (Lipinski definition) is 3. The summed E-state index contributed by atoms with van der Waals surface area (Å²) in [5.41, 5.74) is -0.548. The standard InChI is InChI=1S/C17H11F3N2O3/c1-21-9-14(10-2-4-11(5-3-10)17(18,19)20)16(23)13-8-12(22(24)25)6-7-15(13)21/h2-9H,1H3. The molecule has 3 rings (SSSR count). The van der Waals surface area contributed by atoms with Gasteiger partial charge in [0.15, 0.2) is 5.43 Å². The molecule has 5 nitrogen and oxygen atoms in total. The van der Waals surface area contributed by atoms with E-state index < -0.39 is 22.1 Å². The van der Waals surface area contributed by atoms with Crippen molar-refractivity contribution in [2.45, 2.75) is 6.18 Å². The number of hydrogen-bond donors (Lipinski definition) is 0. The number of nitrogens with zero attached hydrogens (tertiary/aromatic N) is 2. The number of alkyl halides is 3. The van der Waals surface area contributed by atoms with Crippen LogP contribution in [0.3, 0.4) is 0 Å². The van der Waals surface area contributed by atoms with Gasteiger partial charge in [0, 0.05) is 30.9 Å². The molecule has 2 aromatic carbocycles. The van der Waals surface area contributed by atoms with Gasteiger partial charge in [-0.3, -0.25) is 14.9 Å². The summed E-state index contributed by atoms with van der Waals surface area (Å²) in [7, 11) is 1.65. The van der Waals surface area contributed by atoms with Gasteiger partial charge in [-0.2, -0.15) is 13.2 Å². The van der Waals surface area contributed by atoms with E-state index in [1.807, 2.05) is 0 Å². The van der Waals surface area contributed by atoms with E-state index in [0.717, 1.165) is 12.1 Å². The van der Waals surface area contributed by atoms with Gasteiger partial charge in [0.2, 0.25) is 0 Å². The maximum atomic E-state index is 12.7. The molecular weight excluding hydrogens is 337 g/mol. The number of aryl methyl sites for hydroxylation is 1. The summed E-state index contributed by atoms with van der Waals surface area (Å²) in [6.45, 7) is 0. The van der Waals surface area contributed by atoms with Gasteiger partial charge in [-0.1, -0.05) is 12.1 Å². The summed E-state index contributed by atoms with van der Waals surface area (Å²) in [5, 5.41) is 11.1. The van der Waals surface area contributed by atoms with Gasteiger partial charge in [-0.25, -0.2) is 0 Å². The third-order valence-corrected chi connectivity index (χ3v) is 3.91. The van der Waals surface area contributed by atoms with Crippen molar-refractivity contribution in [1.82, 2.24) is 4.57 Å². The Morgan fingerprint density at radius 1 is 1.08 bits per heavy atom. The average Bonchev–Trinajstić information content (AvgIpc) is 2.57. The van der Waals surface area contributed by atoms with Crippen molar-refractivity contribution in [2.24, 2.45) is 7.05 Å². The number of halogens is 3. The molecule has 0 aliphatic rings. The number of nitro benzene ring substituents is 1. The van der Waals surface area contributed by atoms with E-state index in [2.05, 4.69) is 0 Å². The van der Waals surface area contributed by atoms with Crippen LogP contribution in [0, 0.1) is 10.1 Å². The minimum absolute atomic E-state index is 0.133. The summed E-state index contributed by atoms with van der Waals surface area (Å²) in [6, 6.07) is 8.14. The molecule has 1 heterocycles. The second-order valence-electron chi connectivity index (χ2n) is 5.52. The Morgan fingerprint density at radius 2 is 1.72 bits per heavy atom. The smallest absolute Gasteiger partial charge is 0.350 e. The molecule has 8 heteroatoms. The van der Waals surface area contributed by atoms with Crippen molar-refractivity contribution in [1.29, 1.82) is 0 Å². The minimum atomic E-state index is -4.46. The third-order valence-electron chi connectivity index (χ3n) is 3.91. The van der Waals surface area contributed by atoms with Gasteiger partial charge >= 0.3 is 6.18 Å². The molecular formula is C17H11F3N2O3. The quantitative estimate of drug-likeness (QED) is 0.517. The number of nitro groups is 1. The molecule has 3 aromatic rings. The Bertz CT molecular complexity index is 1040. The third kappa shape index (κ3) is 2.98. The first-order valence-electron chi connectivity index (χ1n) is 7.14. The van der Waals surface area contributed by atoms with Crippen LogP contribution in [0.4, 0.5) is 18.9 Å². The topological polar surface area (TPSA) is 65.1 Å². The minimum Gasteiger partial charge on any atom is -0.350 e. The van der Waals surface area contributed by atoms with Crippen LogP contribution in [0.1, 0.15) is 5.56 Å². The van der Waals surface area contributed by atoms with Crippen LogP contribution in [0.5, 0.6) is 0 Å². The number of pyridine rings is 1. The molecule has 0 bridgehead atoms. The highest BCUT2D eigenvalue weighted by Gasteiger charge is 2.30. The van der Waals surface area contributed by atoms with Crippen LogP contribution in [-0.2, 0) is 13.2 Å². The first kappa shape index (κ1) is 16.7. The van der Waals surface area contributed by atoms with Crippen molar-refractivity contribution in [3.63, 3.8) is 0 Å². The second kappa shape index (κ2) is 5.73. The molecule has 0 saturated heterocycles.